The summed E-state index contributed by atoms with van der Waals surface area (Å²) in [5.41, 5.74) is 1.13. The summed E-state index contributed by atoms with van der Waals surface area (Å²) in [4.78, 5) is 11.0. The van der Waals surface area contributed by atoms with Gasteiger partial charge in [-0.05, 0) is 19.3 Å². The molecule has 1 aromatic heterocycles. The molecular weight excluding hydrogens is 254 g/mol. The Morgan fingerprint density at radius 3 is 3.13 bits per heavy atom. The maximum Gasteiger partial charge on any atom is 0.132 e. The summed E-state index contributed by atoms with van der Waals surface area (Å²) in [6.45, 7) is 3.24. The first-order valence-corrected chi connectivity index (χ1v) is 6.60. The standard InChI is InChI=1S/C11H16BrN3/c1-2-9-6-11(14-8-13-9)15-5-3-4-10(15)7-12/h6,8,10H,2-5,7H2,1H3. The van der Waals surface area contributed by atoms with Crippen molar-refractivity contribution in [3.05, 3.63) is 18.1 Å². The topological polar surface area (TPSA) is 29.0 Å². The van der Waals surface area contributed by atoms with Crippen LogP contribution >= 0.6 is 15.9 Å². The normalized spacial score (nSPS) is 20.9. The molecule has 0 aromatic carbocycles. The van der Waals surface area contributed by atoms with Crippen LogP contribution in [0.25, 0.3) is 0 Å². The van der Waals surface area contributed by atoms with Crippen LogP contribution in [0.5, 0.6) is 0 Å². The number of nitrogens with zero attached hydrogens (tertiary/aromatic N) is 3. The second kappa shape index (κ2) is 4.92. The molecule has 1 unspecified atom stereocenters. The monoisotopic (exact) mass is 269 g/mol. The van der Waals surface area contributed by atoms with Gasteiger partial charge >= 0.3 is 0 Å². The number of alkyl halides is 1. The van der Waals surface area contributed by atoms with Gasteiger partial charge in [0.25, 0.3) is 0 Å². The zero-order chi connectivity index (χ0) is 10.7. The first-order chi connectivity index (χ1) is 7.35. The van der Waals surface area contributed by atoms with E-state index >= 15 is 0 Å². The number of aryl methyl sites for hydroxylation is 1. The number of hydrogen-bond donors (Lipinski definition) is 0. The van der Waals surface area contributed by atoms with Crippen molar-refractivity contribution in [1.82, 2.24) is 9.97 Å². The smallest absolute Gasteiger partial charge is 0.132 e. The molecule has 3 nitrogen and oxygen atoms in total. The van der Waals surface area contributed by atoms with Gasteiger partial charge in [0.2, 0.25) is 0 Å². The molecule has 82 valence electrons. The minimum Gasteiger partial charge on any atom is -0.353 e. The van der Waals surface area contributed by atoms with Crippen LogP contribution < -0.4 is 4.90 Å². The summed E-state index contributed by atoms with van der Waals surface area (Å²) in [7, 11) is 0. The van der Waals surface area contributed by atoms with Gasteiger partial charge in [-0.25, -0.2) is 9.97 Å². The summed E-state index contributed by atoms with van der Waals surface area (Å²) < 4.78 is 0. The Labute approximate surface area is 99.0 Å². The summed E-state index contributed by atoms with van der Waals surface area (Å²) >= 11 is 3.56. The number of anilines is 1. The molecular formula is C11H16BrN3. The van der Waals surface area contributed by atoms with E-state index in [1.54, 1.807) is 6.33 Å². The molecule has 0 N–H and O–H groups in total. The Morgan fingerprint density at radius 2 is 2.40 bits per heavy atom. The molecule has 1 saturated heterocycles. The lowest BCUT2D eigenvalue weighted by Crippen LogP contribution is -2.31. The fraction of sp³-hybridized carbons (Fsp3) is 0.636. The maximum atomic E-state index is 4.36. The molecule has 0 saturated carbocycles. The van der Waals surface area contributed by atoms with Gasteiger partial charge in [-0.2, -0.15) is 0 Å². The van der Waals surface area contributed by atoms with Crippen LogP contribution in [0.2, 0.25) is 0 Å². The Bertz CT molecular complexity index is 329. The van der Waals surface area contributed by atoms with Gasteiger partial charge in [0.1, 0.15) is 12.1 Å². The molecule has 0 aliphatic carbocycles. The molecule has 2 heterocycles. The molecule has 1 atom stereocenters. The van der Waals surface area contributed by atoms with Gasteiger partial charge in [0, 0.05) is 29.7 Å². The largest absolute Gasteiger partial charge is 0.353 e. The second-order valence-corrected chi connectivity index (χ2v) is 4.51. The van der Waals surface area contributed by atoms with Crippen molar-refractivity contribution in [3.8, 4) is 0 Å². The third-order valence-corrected chi connectivity index (χ3v) is 3.67. The predicted octanol–water partition coefficient (Wildman–Crippen LogP) is 2.40. The molecule has 1 aromatic rings. The molecule has 0 spiro atoms. The quantitative estimate of drug-likeness (QED) is 0.790. The highest BCUT2D eigenvalue weighted by molar-refractivity contribution is 9.09. The van der Waals surface area contributed by atoms with E-state index in [0.29, 0.717) is 6.04 Å². The number of halogens is 1. The SMILES string of the molecule is CCc1cc(N2CCCC2CBr)ncn1. The van der Waals surface area contributed by atoms with E-state index in [-0.39, 0.29) is 0 Å². The highest BCUT2D eigenvalue weighted by atomic mass is 79.9. The first kappa shape index (κ1) is 10.9. The highest BCUT2D eigenvalue weighted by Gasteiger charge is 2.24. The molecule has 1 fully saturated rings. The zero-order valence-corrected chi connectivity index (χ0v) is 10.6. The lowest BCUT2D eigenvalue weighted by Gasteiger charge is -2.24. The fourth-order valence-corrected chi connectivity index (χ4v) is 2.71. The summed E-state index contributed by atoms with van der Waals surface area (Å²) in [6, 6.07) is 2.71. The Morgan fingerprint density at radius 1 is 1.53 bits per heavy atom. The van der Waals surface area contributed by atoms with E-state index < -0.39 is 0 Å². The molecule has 15 heavy (non-hydrogen) atoms. The van der Waals surface area contributed by atoms with Crippen LogP contribution in [0, 0.1) is 0 Å². The first-order valence-electron chi connectivity index (χ1n) is 5.48. The van der Waals surface area contributed by atoms with Gasteiger partial charge < -0.3 is 4.90 Å². The minimum atomic E-state index is 0.601. The van der Waals surface area contributed by atoms with E-state index in [9.17, 15) is 0 Å². The maximum absolute atomic E-state index is 4.36. The van der Waals surface area contributed by atoms with Crippen molar-refractivity contribution >= 4 is 21.7 Å². The molecule has 2 rings (SSSR count). The van der Waals surface area contributed by atoms with Crippen LogP contribution in [0.1, 0.15) is 25.5 Å². The summed E-state index contributed by atoms with van der Waals surface area (Å²) in [5.74, 6) is 1.09. The molecule has 0 radical (unpaired) electrons. The number of hydrogen-bond acceptors (Lipinski definition) is 3. The fourth-order valence-electron chi connectivity index (χ4n) is 2.03. The third kappa shape index (κ3) is 2.30. The average molecular weight is 270 g/mol. The van der Waals surface area contributed by atoms with Crippen LogP contribution in [-0.4, -0.2) is 27.9 Å². The summed E-state index contributed by atoms with van der Waals surface area (Å²) in [6.07, 6.45) is 5.18. The van der Waals surface area contributed by atoms with Crippen molar-refractivity contribution in [2.75, 3.05) is 16.8 Å². The second-order valence-electron chi connectivity index (χ2n) is 3.86. The van der Waals surface area contributed by atoms with Crippen LogP contribution in [-0.2, 0) is 6.42 Å². The van der Waals surface area contributed by atoms with E-state index in [4.69, 9.17) is 0 Å². The van der Waals surface area contributed by atoms with E-state index in [1.165, 1.54) is 12.8 Å². The van der Waals surface area contributed by atoms with Gasteiger partial charge in [0.05, 0.1) is 0 Å². The van der Waals surface area contributed by atoms with Crippen molar-refractivity contribution in [2.24, 2.45) is 0 Å². The molecule has 4 heteroatoms. The third-order valence-electron chi connectivity index (χ3n) is 2.92. The van der Waals surface area contributed by atoms with Gasteiger partial charge in [-0.3, -0.25) is 0 Å². The van der Waals surface area contributed by atoms with Gasteiger partial charge in [-0.15, -0.1) is 0 Å². The Kier molecular flexibility index (Phi) is 3.57. The molecule has 0 bridgehead atoms. The highest BCUT2D eigenvalue weighted by Crippen LogP contribution is 2.24. The van der Waals surface area contributed by atoms with Crippen molar-refractivity contribution in [1.29, 1.82) is 0 Å². The Hall–Kier alpha value is -0.640. The minimum absolute atomic E-state index is 0.601. The zero-order valence-electron chi connectivity index (χ0n) is 8.99. The number of rotatable bonds is 3. The Balaban J connectivity index is 2.20. The lowest BCUT2D eigenvalue weighted by atomic mass is 10.2. The van der Waals surface area contributed by atoms with Crippen LogP contribution in [0.3, 0.4) is 0 Å². The van der Waals surface area contributed by atoms with Crippen LogP contribution in [0.4, 0.5) is 5.82 Å². The predicted molar refractivity (Wildman–Crippen MR) is 65.6 cm³/mol. The van der Waals surface area contributed by atoms with Gasteiger partial charge in [-0.1, -0.05) is 22.9 Å². The molecule has 0 amide bonds. The number of aromatic nitrogens is 2. The van der Waals surface area contributed by atoms with E-state index in [0.717, 1.165) is 29.8 Å². The van der Waals surface area contributed by atoms with Crippen molar-refractivity contribution in [3.63, 3.8) is 0 Å². The summed E-state index contributed by atoms with van der Waals surface area (Å²) in [5, 5.41) is 1.03. The average Bonchev–Trinajstić information content (AvgIpc) is 2.77. The van der Waals surface area contributed by atoms with E-state index in [1.807, 2.05) is 0 Å². The van der Waals surface area contributed by atoms with Crippen molar-refractivity contribution in [2.45, 2.75) is 32.2 Å². The van der Waals surface area contributed by atoms with Gasteiger partial charge in [0.15, 0.2) is 0 Å². The van der Waals surface area contributed by atoms with E-state index in [2.05, 4.69) is 43.8 Å². The lowest BCUT2D eigenvalue weighted by molar-refractivity contribution is 0.738. The van der Waals surface area contributed by atoms with Crippen molar-refractivity contribution < 1.29 is 0 Å². The molecule has 1 aliphatic rings. The molecule has 1 aliphatic heterocycles. The van der Waals surface area contributed by atoms with Crippen LogP contribution in [0.15, 0.2) is 12.4 Å².